The van der Waals surface area contributed by atoms with Crippen molar-refractivity contribution in [3.63, 3.8) is 0 Å². The van der Waals surface area contributed by atoms with Crippen molar-refractivity contribution in [2.75, 3.05) is 24.6 Å². The van der Waals surface area contributed by atoms with E-state index in [1.54, 1.807) is 18.2 Å². The molecule has 0 bridgehead atoms. The quantitative estimate of drug-likeness (QED) is 0.736. The number of anilines is 1. The van der Waals surface area contributed by atoms with Gasteiger partial charge >= 0.3 is 5.97 Å². The summed E-state index contributed by atoms with van der Waals surface area (Å²) in [5.74, 6) is -0.962. The summed E-state index contributed by atoms with van der Waals surface area (Å²) in [6.07, 6.45) is 1.69. The molecule has 0 radical (unpaired) electrons. The lowest BCUT2D eigenvalue weighted by atomic mass is 10.1. The smallest absolute Gasteiger partial charge is 0.337 e. The zero-order valence-corrected chi connectivity index (χ0v) is 9.89. The molecule has 0 unspecified atom stereocenters. The van der Waals surface area contributed by atoms with Crippen molar-refractivity contribution in [2.45, 2.75) is 6.92 Å². The second-order valence-electron chi connectivity index (χ2n) is 3.73. The van der Waals surface area contributed by atoms with Gasteiger partial charge in [-0.15, -0.1) is 6.58 Å². The van der Waals surface area contributed by atoms with E-state index in [1.807, 2.05) is 17.9 Å². The summed E-state index contributed by atoms with van der Waals surface area (Å²) in [5.41, 5.74) is 1.77. The third-order valence-electron chi connectivity index (χ3n) is 2.50. The molecule has 0 aliphatic heterocycles. The molecule has 17 heavy (non-hydrogen) atoms. The molecule has 92 valence electrons. The van der Waals surface area contributed by atoms with E-state index in [4.69, 9.17) is 10.2 Å². The maximum absolute atomic E-state index is 11.2. The summed E-state index contributed by atoms with van der Waals surface area (Å²) in [7, 11) is 0. The molecule has 0 fully saturated rings. The number of carboxylic acid groups (broad SMARTS) is 1. The Bertz CT molecular complexity index is 415. The van der Waals surface area contributed by atoms with Crippen LogP contribution in [0, 0.1) is 6.92 Å². The van der Waals surface area contributed by atoms with E-state index in [1.165, 1.54) is 0 Å². The average molecular weight is 235 g/mol. The van der Waals surface area contributed by atoms with Gasteiger partial charge in [0.15, 0.2) is 0 Å². The summed E-state index contributed by atoms with van der Waals surface area (Å²) in [5, 5.41) is 18.2. The molecule has 2 N–H and O–H groups in total. The maximum atomic E-state index is 11.2. The Hall–Kier alpha value is -1.81. The van der Waals surface area contributed by atoms with Gasteiger partial charge in [-0.1, -0.05) is 18.2 Å². The molecular formula is C13H17NO3. The van der Waals surface area contributed by atoms with Crippen LogP contribution in [0.3, 0.4) is 0 Å². The summed E-state index contributed by atoms with van der Waals surface area (Å²) in [4.78, 5) is 13.0. The number of aliphatic hydroxyl groups excluding tert-OH is 1. The minimum absolute atomic E-state index is 0.0266. The molecule has 4 heteroatoms. The van der Waals surface area contributed by atoms with Crippen molar-refractivity contribution in [3.05, 3.63) is 42.0 Å². The number of benzene rings is 1. The van der Waals surface area contributed by atoms with E-state index < -0.39 is 5.97 Å². The highest BCUT2D eigenvalue weighted by molar-refractivity contribution is 5.95. The number of para-hydroxylation sites is 1. The van der Waals surface area contributed by atoms with Crippen LogP contribution in [0.5, 0.6) is 0 Å². The topological polar surface area (TPSA) is 60.8 Å². The molecule has 1 aromatic rings. The van der Waals surface area contributed by atoms with Gasteiger partial charge < -0.3 is 15.1 Å². The van der Waals surface area contributed by atoms with Crippen LogP contribution in [-0.2, 0) is 0 Å². The highest BCUT2D eigenvalue weighted by atomic mass is 16.4. The van der Waals surface area contributed by atoms with Crippen LogP contribution in [-0.4, -0.2) is 35.9 Å². The molecule has 1 aromatic carbocycles. The van der Waals surface area contributed by atoms with Crippen LogP contribution in [0.2, 0.25) is 0 Å². The number of nitrogens with zero attached hydrogens (tertiary/aromatic N) is 1. The van der Waals surface area contributed by atoms with Gasteiger partial charge in [0, 0.05) is 13.1 Å². The van der Waals surface area contributed by atoms with Crippen LogP contribution >= 0.6 is 0 Å². The van der Waals surface area contributed by atoms with Gasteiger partial charge in [0.25, 0.3) is 0 Å². The van der Waals surface area contributed by atoms with E-state index in [0.29, 0.717) is 18.8 Å². The van der Waals surface area contributed by atoms with E-state index in [2.05, 4.69) is 6.58 Å². The molecule has 0 aliphatic carbocycles. The fourth-order valence-corrected chi connectivity index (χ4v) is 1.82. The van der Waals surface area contributed by atoms with E-state index in [9.17, 15) is 4.79 Å². The highest BCUT2D eigenvalue weighted by Gasteiger charge is 2.16. The molecule has 0 spiro atoms. The van der Waals surface area contributed by atoms with Crippen LogP contribution in [0.15, 0.2) is 30.9 Å². The minimum Gasteiger partial charge on any atom is -0.478 e. The molecule has 1 rings (SSSR count). The molecule has 0 aromatic heterocycles. The first kappa shape index (κ1) is 13.3. The monoisotopic (exact) mass is 235 g/mol. The third kappa shape index (κ3) is 3.07. The van der Waals surface area contributed by atoms with Crippen LogP contribution in [0.1, 0.15) is 15.9 Å². The highest BCUT2D eigenvalue weighted by Crippen LogP contribution is 2.25. The lowest BCUT2D eigenvalue weighted by Crippen LogP contribution is -2.29. The lowest BCUT2D eigenvalue weighted by molar-refractivity contribution is 0.0697. The molecular weight excluding hydrogens is 218 g/mol. The zero-order chi connectivity index (χ0) is 12.8. The predicted molar refractivity (Wildman–Crippen MR) is 67.6 cm³/mol. The Labute approximate surface area is 101 Å². The fraction of sp³-hybridized carbons (Fsp3) is 0.308. The summed E-state index contributed by atoms with van der Waals surface area (Å²) in [6.45, 7) is 6.36. The first-order valence-electron chi connectivity index (χ1n) is 5.41. The van der Waals surface area contributed by atoms with Gasteiger partial charge in [-0.3, -0.25) is 0 Å². The first-order valence-corrected chi connectivity index (χ1v) is 5.41. The van der Waals surface area contributed by atoms with Crippen LogP contribution < -0.4 is 4.90 Å². The number of aromatic carboxylic acids is 1. The maximum Gasteiger partial charge on any atom is 0.337 e. The Morgan fingerprint density at radius 3 is 2.76 bits per heavy atom. The van der Waals surface area contributed by atoms with E-state index >= 15 is 0 Å². The third-order valence-corrected chi connectivity index (χ3v) is 2.50. The molecule has 4 nitrogen and oxygen atoms in total. The Morgan fingerprint density at radius 2 is 2.24 bits per heavy atom. The number of aryl methyl sites for hydroxylation is 1. The number of hydrogen-bond acceptors (Lipinski definition) is 3. The van der Waals surface area contributed by atoms with Crippen molar-refractivity contribution in [2.24, 2.45) is 0 Å². The lowest BCUT2D eigenvalue weighted by Gasteiger charge is -2.25. The molecule has 0 atom stereocenters. The summed E-state index contributed by atoms with van der Waals surface area (Å²) >= 11 is 0. The van der Waals surface area contributed by atoms with Crippen molar-refractivity contribution in [1.29, 1.82) is 0 Å². The molecule has 0 aliphatic rings. The van der Waals surface area contributed by atoms with Gasteiger partial charge in [-0.05, 0) is 18.6 Å². The van der Waals surface area contributed by atoms with Gasteiger partial charge in [0.1, 0.15) is 0 Å². The van der Waals surface area contributed by atoms with Gasteiger partial charge in [0.05, 0.1) is 17.9 Å². The van der Waals surface area contributed by atoms with E-state index in [0.717, 1.165) is 5.56 Å². The zero-order valence-electron chi connectivity index (χ0n) is 9.89. The van der Waals surface area contributed by atoms with Gasteiger partial charge in [-0.25, -0.2) is 4.79 Å². The van der Waals surface area contributed by atoms with E-state index in [-0.39, 0.29) is 12.2 Å². The number of rotatable bonds is 6. The molecule has 0 saturated heterocycles. The SMILES string of the molecule is C=CCN(CCO)c1c(C)cccc1C(=O)O. The average Bonchev–Trinajstić information content (AvgIpc) is 2.28. The summed E-state index contributed by atoms with van der Waals surface area (Å²) in [6, 6.07) is 5.14. The van der Waals surface area contributed by atoms with Crippen LogP contribution in [0.4, 0.5) is 5.69 Å². The summed E-state index contributed by atoms with van der Waals surface area (Å²) < 4.78 is 0. The number of carboxylic acids is 1. The number of hydrogen-bond donors (Lipinski definition) is 2. The van der Waals surface area contributed by atoms with Crippen molar-refractivity contribution in [1.82, 2.24) is 0 Å². The normalized spacial score (nSPS) is 10.0. The number of carbonyl (C=O) groups is 1. The van der Waals surface area contributed by atoms with Gasteiger partial charge in [0.2, 0.25) is 0 Å². The van der Waals surface area contributed by atoms with Crippen molar-refractivity contribution >= 4 is 11.7 Å². The van der Waals surface area contributed by atoms with Crippen molar-refractivity contribution < 1.29 is 15.0 Å². The molecule has 0 heterocycles. The standard InChI is InChI=1S/C13H17NO3/c1-3-7-14(8-9-15)12-10(2)5-4-6-11(12)13(16)17/h3-6,15H,1,7-9H2,2H3,(H,16,17). The molecule has 0 amide bonds. The van der Waals surface area contributed by atoms with Gasteiger partial charge in [-0.2, -0.15) is 0 Å². The first-order chi connectivity index (χ1) is 8.11. The molecule has 0 saturated carbocycles. The largest absolute Gasteiger partial charge is 0.478 e. The second-order valence-corrected chi connectivity index (χ2v) is 3.73. The van der Waals surface area contributed by atoms with Crippen molar-refractivity contribution in [3.8, 4) is 0 Å². The Morgan fingerprint density at radius 1 is 1.53 bits per heavy atom. The second kappa shape index (κ2) is 6.06. The van der Waals surface area contributed by atoms with Crippen LogP contribution in [0.25, 0.3) is 0 Å². The fourth-order valence-electron chi connectivity index (χ4n) is 1.82. The Kier molecular flexibility index (Phi) is 4.72. The minimum atomic E-state index is -0.962. The predicted octanol–water partition coefficient (Wildman–Crippen LogP) is 1.68. The Balaban J connectivity index is 3.23. The number of aliphatic hydroxyl groups is 1.